The molecule has 0 spiro atoms. The van der Waals surface area contributed by atoms with E-state index in [9.17, 15) is 44.4 Å². The van der Waals surface area contributed by atoms with E-state index in [4.69, 9.17) is 18.9 Å². The Morgan fingerprint density at radius 2 is 0.692 bits per heavy atom. The highest BCUT2D eigenvalue weighted by atomic mass is 16.5. The van der Waals surface area contributed by atoms with E-state index in [0.717, 1.165) is 18.4 Å². The minimum Gasteiger partial charge on any atom is -0.508 e. The summed E-state index contributed by atoms with van der Waals surface area (Å²) < 4.78 is 21.0. The number of unbranched alkanes of at least 4 members (excludes halogenated alkanes) is 2. The molecule has 1 heterocycles. The number of phenolic OH excluding ortho intramolecular Hbond substituents is 4. The van der Waals surface area contributed by atoms with Crippen molar-refractivity contribution in [3.8, 4) is 23.0 Å². The number of esters is 4. The van der Waals surface area contributed by atoms with Crippen molar-refractivity contribution in [3.05, 3.63) is 137 Å². The molecule has 5 aromatic carbocycles. The Labute approximate surface area is 370 Å². The van der Waals surface area contributed by atoms with Crippen LogP contribution in [0.15, 0.2) is 109 Å². The van der Waals surface area contributed by atoms with Gasteiger partial charge in [0, 0.05) is 34.8 Å². The number of benzene rings is 5. The van der Waals surface area contributed by atoms with E-state index in [1.54, 1.807) is 72.8 Å². The zero-order chi connectivity index (χ0) is 46.1. The number of carbonyl (C=O) groups is 5. The third-order valence-electron chi connectivity index (χ3n) is 8.98. The molecule has 0 radical (unpaired) electrons. The molecule has 0 bridgehead atoms. The van der Waals surface area contributed by atoms with Gasteiger partial charge in [0.25, 0.3) is 0 Å². The van der Waals surface area contributed by atoms with Crippen LogP contribution >= 0.6 is 0 Å². The summed E-state index contributed by atoms with van der Waals surface area (Å²) >= 11 is 0. The summed E-state index contributed by atoms with van der Waals surface area (Å²) in [4.78, 5) is 74.3. The van der Waals surface area contributed by atoms with Gasteiger partial charge in [-0.1, -0.05) is 0 Å². The molecule has 0 aliphatic heterocycles. The lowest BCUT2D eigenvalue weighted by Gasteiger charge is -2.12. The number of ether oxygens (including phenoxy) is 4. The summed E-state index contributed by atoms with van der Waals surface area (Å²) in [5, 5.41) is 47.5. The maximum atomic E-state index is 12.7. The van der Waals surface area contributed by atoms with Crippen molar-refractivity contribution in [1.29, 1.82) is 0 Å². The number of anilines is 6. The molecular formula is C46H42N6O13. The van der Waals surface area contributed by atoms with Crippen molar-refractivity contribution < 1.29 is 63.3 Å². The van der Waals surface area contributed by atoms with Crippen molar-refractivity contribution in [2.45, 2.75) is 25.7 Å². The summed E-state index contributed by atoms with van der Waals surface area (Å²) in [6.07, 6.45) is 2.36. The van der Waals surface area contributed by atoms with Crippen molar-refractivity contribution in [1.82, 2.24) is 15.0 Å². The molecule has 0 amide bonds. The molecule has 7 N–H and O–H groups in total. The van der Waals surface area contributed by atoms with Gasteiger partial charge in [0.1, 0.15) is 29.3 Å². The molecule has 19 nitrogen and oxygen atoms in total. The highest BCUT2D eigenvalue weighted by molar-refractivity contribution is 5.92. The smallest absolute Gasteiger partial charge is 0.338 e. The van der Waals surface area contributed by atoms with E-state index in [-0.39, 0.29) is 89.5 Å². The molecule has 65 heavy (non-hydrogen) atoms. The van der Waals surface area contributed by atoms with Gasteiger partial charge in [-0.25, -0.2) is 19.2 Å². The van der Waals surface area contributed by atoms with Gasteiger partial charge in [0.2, 0.25) is 17.8 Å². The number of carbonyl (C=O) groups excluding carboxylic acids is 5. The Morgan fingerprint density at radius 1 is 0.415 bits per heavy atom. The van der Waals surface area contributed by atoms with Crippen LogP contribution in [-0.2, 0) is 18.9 Å². The minimum atomic E-state index is -0.709. The summed E-state index contributed by atoms with van der Waals surface area (Å²) in [7, 11) is 0. The van der Waals surface area contributed by atoms with E-state index < -0.39 is 23.9 Å². The lowest BCUT2D eigenvalue weighted by molar-refractivity contribution is 0.0432. The zero-order valence-electron chi connectivity index (χ0n) is 34.4. The maximum absolute atomic E-state index is 12.7. The standard InChI is InChI=1S/C46H42N6O13/c53-27-28-5-11-33(12-6-28)47-44-50-45(48-34-13-7-29(8-14-34)40(58)62-17-1-3-19-64-42(60)31-21-36(54)25-37(55)22-31)52-46(51-44)49-35-15-9-30(10-16-35)41(59)63-18-2-4-20-65-43(61)32-23-38(56)26-39(57)24-32/h5-16,21-27,54-57H,1-4,17-20H2,(H3,47,48,49,50,51,52). The Hall–Kier alpha value is -8.74. The van der Waals surface area contributed by atoms with E-state index in [0.29, 0.717) is 48.3 Å². The molecule has 19 heteroatoms. The van der Waals surface area contributed by atoms with Gasteiger partial charge >= 0.3 is 23.9 Å². The van der Waals surface area contributed by atoms with E-state index in [1.807, 2.05) is 0 Å². The highest BCUT2D eigenvalue weighted by Gasteiger charge is 2.14. The number of aromatic hydroxyl groups is 4. The average molecular weight is 887 g/mol. The normalized spacial score (nSPS) is 10.6. The molecule has 0 atom stereocenters. The van der Waals surface area contributed by atoms with Crippen LogP contribution in [0.3, 0.4) is 0 Å². The fourth-order valence-corrected chi connectivity index (χ4v) is 5.78. The number of phenols is 4. The second-order valence-corrected chi connectivity index (χ2v) is 14.0. The van der Waals surface area contributed by atoms with Gasteiger partial charge < -0.3 is 55.3 Å². The van der Waals surface area contributed by atoms with Gasteiger partial charge in [-0.15, -0.1) is 0 Å². The van der Waals surface area contributed by atoms with Crippen LogP contribution in [0.1, 0.15) is 77.5 Å². The molecule has 0 aliphatic rings. The molecule has 0 saturated carbocycles. The van der Waals surface area contributed by atoms with Crippen LogP contribution in [0.4, 0.5) is 34.9 Å². The number of rotatable bonds is 21. The minimum absolute atomic E-state index is 0.00637. The molecule has 0 aliphatic carbocycles. The number of aromatic nitrogens is 3. The summed E-state index contributed by atoms with van der Waals surface area (Å²) in [6.45, 7) is 0.232. The summed E-state index contributed by atoms with van der Waals surface area (Å²) in [5.41, 5.74) is 2.71. The van der Waals surface area contributed by atoms with Crippen molar-refractivity contribution in [2.24, 2.45) is 0 Å². The Balaban J connectivity index is 0.994. The van der Waals surface area contributed by atoms with Gasteiger partial charge in [-0.2, -0.15) is 15.0 Å². The molecule has 0 unspecified atom stereocenters. The van der Waals surface area contributed by atoms with E-state index in [1.165, 1.54) is 24.3 Å². The Morgan fingerprint density at radius 3 is 0.985 bits per heavy atom. The van der Waals surface area contributed by atoms with Crippen LogP contribution in [0.2, 0.25) is 0 Å². The van der Waals surface area contributed by atoms with Gasteiger partial charge in [-0.3, -0.25) is 4.79 Å². The average Bonchev–Trinajstić information content (AvgIpc) is 3.28. The number of hydrogen-bond donors (Lipinski definition) is 7. The van der Waals surface area contributed by atoms with Crippen LogP contribution in [0.25, 0.3) is 0 Å². The number of nitrogens with one attached hydrogen (secondary N) is 3. The first kappa shape index (κ1) is 45.8. The fourth-order valence-electron chi connectivity index (χ4n) is 5.78. The molecule has 0 fully saturated rings. The Bertz CT molecular complexity index is 2430. The second kappa shape index (κ2) is 22.4. The Kier molecular flexibility index (Phi) is 15.8. The summed E-state index contributed by atoms with van der Waals surface area (Å²) in [5.74, 6) is -3.22. The van der Waals surface area contributed by atoms with Crippen molar-refractivity contribution >= 4 is 65.1 Å². The molecule has 0 saturated heterocycles. The highest BCUT2D eigenvalue weighted by Crippen LogP contribution is 2.24. The van der Waals surface area contributed by atoms with E-state index in [2.05, 4.69) is 30.9 Å². The largest absolute Gasteiger partial charge is 0.508 e. The first-order valence-electron chi connectivity index (χ1n) is 20.0. The van der Waals surface area contributed by atoms with Crippen LogP contribution in [0.5, 0.6) is 23.0 Å². The number of hydrogen-bond acceptors (Lipinski definition) is 19. The third kappa shape index (κ3) is 14.1. The molecule has 6 aromatic rings. The monoisotopic (exact) mass is 886 g/mol. The van der Waals surface area contributed by atoms with Crippen LogP contribution < -0.4 is 16.0 Å². The maximum Gasteiger partial charge on any atom is 0.338 e. The molecular weight excluding hydrogens is 845 g/mol. The predicted octanol–water partition coefficient (Wildman–Crippen LogP) is 7.33. The predicted molar refractivity (Wildman–Crippen MR) is 234 cm³/mol. The second-order valence-electron chi connectivity index (χ2n) is 14.0. The van der Waals surface area contributed by atoms with Gasteiger partial charge in [0.05, 0.1) is 48.7 Å². The molecule has 6 rings (SSSR count). The van der Waals surface area contributed by atoms with Crippen LogP contribution in [0, 0.1) is 0 Å². The third-order valence-corrected chi connectivity index (χ3v) is 8.98. The number of nitrogens with zero attached hydrogens (tertiary/aromatic N) is 3. The van der Waals surface area contributed by atoms with Crippen molar-refractivity contribution in [3.63, 3.8) is 0 Å². The zero-order valence-corrected chi connectivity index (χ0v) is 34.4. The van der Waals surface area contributed by atoms with Gasteiger partial charge in [-0.05, 0) is 123 Å². The first-order valence-corrected chi connectivity index (χ1v) is 20.0. The van der Waals surface area contributed by atoms with Gasteiger partial charge in [0.15, 0.2) is 0 Å². The fraction of sp³-hybridized carbons (Fsp3) is 0.174. The molecule has 1 aromatic heterocycles. The lowest BCUT2D eigenvalue weighted by Crippen LogP contribution is -2.10. The first-order chi connectivity index (χ1) is 31.4. The topological polar surface area (TPSA) is 278 Å². The number of aldehydes is 1. The van der Waals surface area contributed by atoms with Crippen molar-refractivity contribution in [2.75, 3.05) is 42.4 Å². The van der Waals surface area contributed by atoms with Crippen LogP contribution in [-0.4, -0.2) is 92.0 Å². The summed E-state index contributed by atoms with van der Waals surface area (Å²) in [6, 6.07) is 26.3. The molecule has 334 valence electrons. The lowest BCUT2D eigenvalue weighted by atomic mass is 10.2. The SMILES string of the molecule is O=Cc1ccc(Nc2nc(Nc3ccc(C(=O)OCCCCOC(=O)c4cc(O)cc(O)c4)cc3)nc(Nc3ccc(C(=O)OCCCCOC(=O)c4cc(O)cc(O)c4)cc3)n2)cc1. The van der Waals surface area contributed by atoms with E-state index >= 15 is 0 Å². The quantitative estimate of drug-likeness (QED) is 0.0161.